The van der Waals surface area contributed by atoms with Gasteiger partial charge in [0.25, 0.3) is 0 Å². The number of nitrogens with zero attached hydrogens (tertiary/aromatic N) is 4. The molecule has 0 aliphatic carbocycles. The smallest absolute Gasteiger partial charge is 0.335 e. The molecule has 11 heteroatoms. The van der Waals surface area contributed by atoms with Crippen molar-refractivity contribution in [2.24, 2.45) is 0 Å². The summed E-state index contributed by atoms with van der Waals surface area (Å²) >= 11 is 0. The number of benzene rings is 1. The molecule has 2 heterocycles. The highest BCUT2D eigenvalue weighted by Gasteiger charge is 2.24. The first-order valence-electron chi connectivity index (χ1n) is 11.2. The molecule has 2 aromatic heterocycles. The Bertz CT molecular complexity index is 1080. The predicted molar refractivity (Wildman–Crippen MR) is 125 cm³/mol. The van der Waals surface area contributed by atoms with E-state index in [9.17, 15) is 8.96 Å². The Morgan fingerprint density at radius 3 is 2.55 bits per heavy atom. The molecule has 0 aliphatic heterocycles. The summed E-state index contributed by atoms with van der Waals surface area (Å²) in [7, 11) is -3.27. The third-order valence-electron chi connectivity index (χ3n) is 5.00. The zero-order valence-electron chi connectivity index (χ0n) is 19.1. The Kier molecular flexibility index (Phi) is 9.17. The van der Waals surface area contributed by atoms with Gasteiger partial charge in [0.2, 0.25) is 0 Å². The van der Waals surface area contributed by atoms with Crippen molar-refractivity contribution in [1.29, 1.82) is 0 Å². The minimum Gasteiger partial charge on any atom is -0.491 e. The summed E-state index contributed by atoms with van der Waals surface area (Å²) in [4.78, 5) is 12.4. The summed E-state index contributed by atoms with van der Waals surface area (Å²) in [6, 6.07) is 4.57. The average molecular weight is 479 g/mol. The molecule has 0 spiro atoms. The number of ether oxygens (including phenoxy) is 1. The number of unbranched alkanes of at least 4 members (excludes halogenated alkanes) is 3. The van der Waals surface area contributed by atoms with Crippen LogP contribution in [0.2, 0.25) is 0 Å². The minimum absolute atomic E-state index is 0.0245. The van der Waals surface area contributed by atoms with Crippen LogP contribution in [0.3, 0.4) is 0 Å². The molecular weight excluding hydrogens is 448 g/mol. The third kappa shape index (κ3) is 6.96. The van der Waals surface area contributed by atoms with Crippen LogP contribution in [0.25, 0.3) is 11.2 Å². The first kappa shape index (κ1) is 25.1. The van der Waals surface area contributed by atoms with Crippen LogP contribution in [-0.4, -0.2) is 39.3 Å². The van der Waals surface area contributed by atoms with E-state index in [0.29, 0.717) is 23.5 Å². The molecular formula is C22H31FN5O4P. The Hall–Kier alpha value is -2.55. The number of rotatable bonds is 14. The lowest BCUT2D eigenvalue weighted by Crippen LogP contribution is -2.02. The number of halogens is 1. The molecule has 0 saturated carbocycles. The van der Waals surface area contributed by atoms with Gasteiger partial charge in [0.05, 0.1) is 32.3 Å². The number of hydrogen-bond acceptors (Lipinski definition) is 8. The topological polar surface area (TPSA) is 114 Å². The van der Waals surface area contributed by atoms with Gasteiger partial charge in [0.1, 0.15) is 11.8 Å². The fraction of sp³-hybridized carbons (Fsp3) is 0.500. The number of aromatic nitrogens is 4. The maximum atomic E-state index is 14.4. The van der Waals surface area contributed by atoms with E-state index >= 15 is 0 Å². The highest BCUT2D eigenvalue weighted by molar-refractivity contribution is 7.53. The highest BCUT2D eigenvalue weighted by atomic mass is 31.2. The van der Waals surface area contributed by atoms with Gasteiger partial charge in [-0.1, -0.05) is 18.9 Å². The molecule has 3 aromatic rings. The Labute approximate surface area is 193 Å². The van der Waals surface area contributed by atoms with Crippen LogP contribution in [0.5, 0.6) is 5.75 Å². The number of nitrogen functional groups attached to an aromatic ring is 1. The van der Waals surface area contributed by atoms with Gasteiger partial charge in [-0.25, -0.2) is 19.3 Å². The lowest BCUT2D eigenvalue weighted by atomic mass is 10.2. The standard InChI is InChI=1S/C22H31FN5O4P/c1-3-31-33(29,32-4-2)14-17-9-10-19(18(23)13-17)30-12-8-6-5-7-11-28-16-27-20-21(24)25-15-26-22(20)28/h9-10,13,15-16H,3-8,11-12,14H2,1-2H3,(H2,24,25,26). The molecule has 0 bridgehead atoms. The normalized spacial score (nSPS) is 11.8. The summed E-state index contributed by atoms with van der Waals surface area (Å²) < 4.78 is 45.1. The number of aryl methyl sites for hydroxylation is 1. The molecule has 180 valence electrons. The zero-order chi connectivity index (χ0) is 23.7. The lowest BCUT2D eigenvalue weighted by molar-refractivity contribution is 0.219. The quantitative estimate of drug-likeness (QED) is 0.255. The van der Waals surface area contributed by atoms with Crippen molar-refractivity contribution < 1.29 is 22.7 Å². The van der Waals surface area contributed by atoms with E-state index in [4.69, 9.17) is 19.5 Å². The van der Waals surface area contributed by atoms with Gasteiger partial charge in [0, 0.05) is 6.54 Å². The van der Waals surface area contributed by atoms with Crippen molar-refractivity contribution in [3.63, 3.8) is 0 Å². The van der Waals surface area contributed by atoms with E-state index < -0.39 is 13.4 Å². The number of imidazole rings is 1. The first-order valence-corrected chi connectivity index (χ1v) is 12.9. The molecule has 0 saturated heterocycles. The van der Waals surface area contributed by atoms with Crippen LogP contribution in [0.4, 0.5) is 10.2 Å². The van der Waals surface area contributed by atoms with Gasteiger partial charge in [-0.05, 0) is 44.4 Å². The number of fused-ring (bicyclic) bond motifs is 1. The molecule has 33 heavy (non-hydrogen) atoms. The van der Waals surface area contributed by atoms with E-state index in [1.807, 2.05) is 4.57 Å². The van der Waals surface area contributed by atoms with Gasteiger partial charge in [-0.2, -0.15) is 0 Å². The SMILES string of the molecule is CCOP(=O)(Cc1ccc(OCCCCCCn2cnc3c(N)ncnc32)c(F)c1)OCC. The molecule has 0 aliphatic rings. The second-order valence-electron chi connectivity index (χ2n) is 7.50. The van der Waals surface area contributed by atoms with Crippen molar-refractivity contribution in [3.05, 3.63) is 42.2 Å². The summed E-state index contributed by atoms with van der Waals surface area (Å²) in [5, 5.41) is 0. The molecule has 0 unspecified atom stereocenters. The average Bonchev–Trinajstić information content (AvgIpc) is 3.19. The van der Waals surface area contributed by atoms with Crippen molar-refractivity contribution in [2.45, 2.75) is 52.2 Å². The van der Waals surface area contributed by atoms with Gasteiger partial charge in [0.15, 0.2) is 23.0 Å². The van der Waals surface area contributed by atoms with E-state index in [2.05, 4.69) is 15.0 Å². The lowest BCUT2D eigenvalue weighted by Gasteiger charge is -2.17. The molecule has 0 radical (unpaired) electrons. The Balaban J connectivity index is 1.39. The summed E-state index contributed by atoms with van der Waals surface area (Å²) in [5.74, 6) is 0.0811. The Morgan fingerprint density at radius 2 is 1.82 bits per heavy atom. The number of nitrogens with two attached hydrogens (primary N) is 1. The molecule has 2 N–H and O–H groups in total. The predicted octanol–water partition coefficient (Wildman–Crippen LogP) is 4.95. The molecule has 3 rings (SSSR count). The molecule has 0 atom stereocenters. The summed E-state index contributed by atoms with van der Waals surface area (Å²) in [6.07, 6.45) is 6.91. The minimum atomic E-state index is -3.27. The van der Waals surface area contributed by atoms with Crippen molar-refractivity contribution in [1.82, 2.24) is 19.5 Å². The van der Waals surface area contributed by atoms with Crippen LogP contribution in [0, 0.1) is 5.82 Å². The van der Waals surface area contributed by atoms with Crippen LogP contribution in [0.15, 0.2) is 30.9 Å². The fourth-order valence-electron chi connectivity index (χ4n) is 3.49. The Morgan fingerprint density at radius 1 is 1.06 bits per heavy atom. The summed E-state index contributed by atoms with van der Waals surface area (Å²) in [5.41, 5.74) is 7.71. The van der Waals surface area contributed by atoms with Gasteiger partial charge >= 0.3 is 7.60 Å². The van der Waals surface area contributed by atoms with Gasteiger partial charge < -0.3 is 24.1 Å². The third-order valence-corrected chi connectivity index (χ3v) is 7.06. The van der Waals surface area contributed by atoms with Crippen LogP contribution in [-0.2, 0) is 26.3 Å². The molecule has 9 nitrogen and oxygen atoms in total. The fourth-order valence-corrected chi connectivity index (χ4v) is 5.18. The molecule has 0 amide bonds. The second kappa shape index (κ2) is 12.1. The second-order valence-corrected chi connectivity index (χ2v) is 9.56. The highest BCUT2D eigenvalue weighted by Crippen LogP contribution is 2.51. The van der Waals surface area contributed by atoms with Gasteiger partial charge in [-0.15, -0.1) is 0 Å². The number of hydrogen-bond donors (Lipinski definition) is 1. The largest absolute Gasteiger partial charge is 0.491 e. The zero-order valence-corrected chi connectivity index (χ0v) is 20.0. The van der Waals surface area contributed by atoms with E-state index in [0.717, 1.165) is 37.9 Å². The van der Waals surface area contributed by atoms with Crippen molar-refractivity contribution >= 4 is 24.6 Å². The van der Waals surface area contributed by atoms with Crippen molar-refractivity contribution in [2.75, 3.05) is 25.6 Å². The summed E-state index contributed by atoms with van der Waals surface area (Å²) in [6.45, 7) is 5.23. The molecule has 0 fully saturated rings. The first-order chi connectivity index (χ1) is 16.0. The van der Waals surface area contributed by atoms with E-state index in [-0.39, 0.29) is 25.1 Å². The van der Waals surface area contributed by atoms with E-state index in [1.165, 1.54) is 12.4 Å². The monoisotopic (exact) mass is 479 g/mol. The molecule has 1 aromatic carbocycles. The van der Waals surface area contributed by atoms with Crippen molar-refractivity contribution in [3.8, 4) is 5.75 Å². The van der Waals surface area contributed by atoms with Crippen LogP contribution < -0.4 is 10.5 Å². The van der Waals surface area contributed by atoms with Gasteiger partial charge in [-0.3, -0.25) is 4.57 Å². The maximum absolute atomic E-state index is 14.4. The van der Waals surface area contributed by atoms with Crippen LogP contribution >= 0.6 is 7.60 Å². The number of anilines is 1. The van der Waals surface area contributed by atoms with Crippen LogP contribution in [0.1, 0.15) is 45.1 Å². The maximum Gasteiger partial charge on any atom is 0.335 e. The van der Waals surface area contributed by atoms with E-state index in [1.54, 1.807) is 32.3 Å².